The summed E-state index contributed by atoms with van der Waals surface area (Å²) in [7, 11) is 0. The van der Waals surface area contributed by atoms with E-state index in [-0.39, 0.29) is 0 Å². The molecule has 1 aliphatic carbocycles. The summed E-state index contributed by atoms with van der Waals surface area (Å²) >= 11 is 0. The Morgan fingerprint density at radius 2 is 2.09 bits per heavy atom. The van der Waals surface area contributed by atoms with E-state index in [9.17, 15) is 0 Å². The summed E-state index contributed by atoms with van der Waals surface area (Å²) < 4.78 is 0. The van der Waals surface area contributed by atoms with Gasteiger partial charge in [0.05, 0.1) is 0 Å². The van der Waals surface area contributed by atoms with Gasteiger partial charge in [0, 0.05) is 6.04 Å². The summed E-state index contributed by atoms with van der Waals surface area (Å²) in [5.74, 6) is 1.75. The van der Waals surface area contributed by atoms with Gasteiger partial charge in [0.15, 0.2) is 0 Å². The van der Waals surface area contributed by atoms with E-state index in [1.807, 2.05) is 0 Å². The van der Waals surface area contributed by atoms with E-state index in [1.54, 1.807) is 0 Å². The molecule has 3 N–H and O–H groups in total. The van der Waals surface area contributed by atoms with Crippen LogP contribution in [0.25, 0.3) is 0 Å². The summed E-state index contributed by atoms with van der Waals surface area (Å²) in [6.07, 6.45) is 5.55. The largest absolute Gasteiger partial charge is 0.330 e. The monoisotopic (exact) mass is 154 g/mol. The number of hydrogen-bond acceptors (Lipinski definition) is 2. The third-order valence-corrected chi connectivity index (χ3v) is 3.07. The van der Waals surface area contributed by atoms with E-state index in [1.165, 1.54) is 32.2 Å². The van der Waals surface area contributed by atoms with E-state index in [4.69, 9.17) is 5.73 Å². The molecule has 1 saturated heterocycles. The Kier molecular flexibility index (Phi) is 2.14. The lowest BCUT2D eigenvalue weighted by Crippen LogP contribution is -2.45. The zero-order valence-corrected chi connectivity index (χ0v) is 7.05. The fraction of sp³-hybridized carbons (Fsp3) is 1.00. The number of nitrogens with two attached hydrogens (primary N) is 1. The Morgan fingerprint density at radius 3 is 2.73 bits per heavy atom. The van der Waals surface area contributed by atoms with Gasteiger partial charge in [-0.3, -0.25) is 0 Å². The van der Waals surface area contributed by atoms with Gasteiger partial charge in [-0.25, -0.2) is 0 Å². The van der Waals surface area contributed by atoms with Crippen molar-refractivity contribution in [2.24, 2.45) is 17.6 Å². The van der Waals surface area contributed by atoms with Crippen LogP contribution in [0.2, 0.25) is 0 Å². The maximum atomic E-state index is 5.72. The Balaban J connectivity index is 1.91. The molecule has 0 aromatic rings. The lowest BCUT2D eigenvalue weighted by molar-refractivity contribution is 0.261. The minimum Gasteiger partial charge on any atom is -0.330 e. The van der Waals surface area contributed by atoms with Gasteiger partial charge in [0.2, 0.25) is 0 Å². The van der Waals surface area contributed by atoms with Crippen LogP contribution in [0.15, 0.2) is 0 Å². The van der Waals surface area contributed by atoms with Crippen molar-refractivity contribution >= 4 is 0 Å². The lowest BCUT2D eigenvalue weighted by atomic mass is 9.88. The van der Waals surface area contributed by atoms with E-state index in [0.29, 0.717) is 0 Å². The Hall–Kier alpha value is -0.0800. The van der Waals surface area contributed by atoms with Crippen molar-refractivity contribution < 1.29 is 0 Å². The first-order valence-corrected chi connectivity index (χ1v) is 4.85. The fourth-order valence-corrected chi connectivity index (χ4v) is 2.25. The first-order valence-electron chi connectivity index (χ1n) is 4.85. The second-order valence-corrected chi connectivity index (χ2v) is 3.96. The predicted molar refractivity (Wildman–Crippen MR) is 46.3 cm³/mol. The van der Waals surface area contributed by atoms with Crippen molar-refractivity contribution in [1.82, 2.24) is 5.32 Å². The molecule has 2 fully saturated rings. The highest BCUT2D eigenvalue weighted by atomic mass is 15.0. The maximum Gasteiger partial charge on any atom is 0.0136 e. The van der Waals surface area contributed by atoms with E-state index < -0.39 is 0 Å². The van der Waals surface area contributed by atoms with Crippen LogP contribution in [0.5, 0.6) is 0 Å². The van der Waals surface area contributed by atoms with Crippen LogP contribution in [-0.4, -0.2) is 19.1 Å². The Bertz CT molecular complexity index is 132. The van der Waals surface area contributed by atoms with Gasteiger partial charge >= 0.3 is 0 Å². The summed E-state index contributed by atoms with van der Waals surface area (Å²) in [6, 6.07) is 0.772. The van der Waals surface area contributed by atoms with Crippen molar-refractivity contribution in [1.29, 1.82) is 0 Å². The third-order valence-electron chi connectivity index (χ3n) is 3.07. The minimum absolute atomic E-state index is 0.772. The zero-order chi connectivity index (χ0) is 7.68. The van der Waals surface area contributed by atoms with E-state index in [0.717, 1.165) is 24.4 Å². The van der Waals surface area contributed by atoms with Gasteiger partial charge in [-0.05, 0) is 50.6 Å². The molecule has 0 unspecified atom stereocenters. The quantitative estimate of drug-likeness (QED) is 0.615. The first-order chi connectivity index (χ1) is 5.42. The summed E-state index contributed by atoms with van der Waals surface area (Å²) in [5.41, 5.74) is 5.72. The standard InChI is InChI=1S/C9H18N2/c10-6-8-2-1-5-11-9(8)7-3-4-7/h7-9,11H,1-6,10H2/t8-,9-/m0/s1. The highest BCUT2D eigenvalue weighted by Crippen LogP contribution is 2.37. The van der Waals surface area contributed by atoms with Crippen LogP contribution in [-0.2, 0) is 0 Å². The van der Waals surface area contributed by atoms with Gasteiger partial charge in [0.25, 0.3) is 0 Å². The van der Waals surface area contributed by atoms with Gasteiger partial charge in [-0.15, -0.1) is 0 Å². The van der Waals surface area contributed by atoms with Crippen LogP contribution in [0.4, 0.5) is 0 Å². The van der Waals surface area contributed by atoms with E-state index >= 15 is 0 Å². The third kappa shape index (κ3) is 1.57. The zero-order valence-electron chi connectivity index (χ0n) is 7.05. The van der Waals surface area contributed by atoms with Crippen LogP contribution in [0.1, 0.15) is 25.7 Å². The molecule has 11 heavy (non-hydrogen) atoms. The summed E-state index contributed by atoms with van der Waals surface area (Å²) in [5, 5.41) is 3.60. The molecule has 0 aromatic heterocycles. The molecule has 0 bridgehead atoms. The molecule has 2 atom stereocenters. The van der Waals surface area contributed by atoms with Crippen molar-refractivity contribution in [3.63, 3.8) is 0 Å². The average Bonchev–Trinajstić information content (AvgIpc) is 2.87. The summed E-state index contributed by atoms with van der Waals surface area (Å²) in [4.78, 5) is 0. The van der Waals surface area contributed by atoms with Crippen LogP contribution < -0.4 is 11.1 Å². The molecule has 1 aliphatic heterocycles. The van der Waals surface area contributed by atoms with Crippen molar-refractivity contribution in [3.8, 4) is 0 Å². The second-order valence-electron chi connectivity index (χ2n) is 3.96. The number of nitrogens with one attached hydrogen (secondary N) is 1. The molecule has 1 heterocycles. The van der Waals surface area contributed by atoms with Gasteiger partial charge in [0.1, 0.15) is 0 Å². The van der Waals surface area contributed by atoms with E-state index in [2.05, 4.69) is 5.32 Å². The molecule has 2 rings (SSSR count). The molecule has 0 spiro atoms. The van der Waals surface area contributed by atoms with Crippen LogP contribution in [0, 0.1) is 11.8 Å². The predicted octanol–water partition coefficient (Wildman–Crippen LogP) is 0.723. The molecule has 0 aromatic carbocycles. The van der Waals surface area contributed by atoms with Gasteiger partial charge in [-0.1, -0.05) is 0 Å². The topological polar surface area (TPSA) is 38.0 Å². The minimum atomic E-state index is 0.772. The maximum absolute atomic E-state index is 5.72. The number of hydrogen-bond donors (Lipinski definition) is 2. The molecule has 2 aliphatic rings. The molecule has 1 saturated carbocycles. The van der Waals surface area contributed by atoms with Crippen molar-refractivity contribution in [2.45, 2.75) is 31.7 Å². The molecule has 2 heteroatoms. The molecular formula is C9H18N2. The first kappa shape index (κ1) is 7.56. The van der Waals surface area contributed by atoms with Crippen LogP contribution in [0.3, 0.4) is 0 Å². The molecule has 0 amide bonds. The second kappa shape index (κ2) is 3.11. The molecule has 2 nitrogen and oxygen atoms in total. The van der Waals surface area contributed by atoms with Crippen molar-refractivity contribution in [3.05, 3.63) is 0 Å². The molecule has 0 radical (unpaired) electrons. The Morgan fingerprint density at radius 1 is 1.27 bits per heavy atom. The molecule has 64 valence electrons. The van der Waals surface area contributed by atoms with Gasteiger partial charge in [-0.2, -0.15) is 0 Å². The smallest absolute Gasteiger partial charge is 0.0136 e. The Labute approximate surface area is 68.5 Å². The SMILES string of the molecule is NC[C@@H]1CCCN[C@H]1C1CC1. The highest BCUT2D eigenvalue weighted by Gasteiger charge is 2.36. The molecular weight excluding hydrogens is 136 g/mol. The van der Waals surface area contributed by atoms with Crippen molar-refractivity contribution in [2.75, 3.05) is 13.1 Å². The number of rotatable bonds is 2. The lowest BCUT2D eigenvalue weighted by Gasteiger charge is -2.31. The van der Waals surface area contributed by atoms with Crippen LogP contribution >= 0.6 is 0 Å². The average molecular weight is 154 g/mol. The fourth-order valence-electron chi connectivity index (χ4n) is 2.25. The summed E-state index contributed by atoms with van der Waals surface area (Å²) in [6.45, 7) is 2.10. The highest BCUT2D eigenvalue weighted by molar-refractivity contribution is 4.93. The van der Waals surface area contributed by atoms with Gasteiger partial charge < -0.3 is 11.1 Å². The number of piperidine rings is 1. The normalized spacial score (nSPS) is 39.0.